The van der Waals surface area contributed by atoms with E-state index < -0.39 is 8.95 Å². The number of carbonyl (C=O) groups excluding carboxylic acids is 1. The standard InChI is InChI=1S/C31H25ClN2OS2/c1-20-8-12-23(13-9-20)30(24-14-10-21(2)11-15-24)27-6-4-5-7-28(27)31(37-30)34(33-29(36-31)22(3)35)26-18-16-25(32)17-19-26/h4-19H,1-3H3/t31-/m0/s1. The Balaban J connectivity index is 1.64. The Bertz CT molecular complexity index is 1490. The average Bonchev–Trinajstić information content (AvgIpc) is 3.43. The second-order valence-electron chi connectivity index (χ2n) is 9.49. The van der Waals surface area contributed by atoms with Gasteiger partial charge in [-0.1, -0.05) is 119 Å². The first-order valence-electron chi connectivity index (χ1n) is 12.1. The lowest BCUT2D eigenvalue weighted by Crippen LogP contribution is -2.34. The van der Waals surface area contributed by atoms with Gasteiger partial charge in [-0.3, -0.25) is 4.79 Å². The van der Waals surface area contributed by atoms with Gasteiger partial charge in [0.05, 0.1) is 10.4 Å². The maximum Gasteiger partial charge on any atom is 0.187 e. The van der Waals surface area contributed by atoms with Gasteiger partial charge < -0.3 is 0 Å². The Morgan fingerprint density at radius 2 is 1.32 bits per heavy atom. The number of anilines is 1. The summed E-state index contributed by atoms with van der Waals surface area (Å²) in [5, 5.41) is 8.08. The molecule has 2 heterocycles. The number of thioether (sulfide) groups is 2. The molecule has 0 fully saturated rings. The van der Waals surface area contributed by atoms with Crippen LogP contribution in [-0.4, -0.2) is 10.8 Å². The van der Waals surface area contributed by atoms with Gasteiger partial charge in [0.2, 0.25) is 0 Å². The van der Waals surface area contributed by atoms with E-state index in [9.17, 15) is 4.79 Å². The molecule has 6 heteroatoms. The van der Waals surface area contributed by atoms with E-state index in [1.165, 1.54) is 39.6 Å². The average molecular weight is 541 g/mol. The quantitative estimate of drug-likeness (QED) is 0.261. The van der Waals surface area contributed by atoms with Gasteiger partial charge in [0, 0.05) is 17.5 Å². The maximum absolute atomic E-state index is 12.7. The fraction of sp³-hybridized carbons (Fsp3) is 0.161. The molecule has 0 bridgehead atoms. The molecule has 4 aromatic carbocycles. The molecule has 0 aromatic heterocycles. The van der Waals surface area contributed by atoms with Crippen LogP contribution in [0.25, 0.3) is 0 Å². The van der Waals surface area contributed by atoms with Crippen molar-refractivity contribution in [2.45, 2.75) is 29.7 Å². The molecule has 37 heavy (non-hydrogen) atoms. The van der Waals surface area contributed by atoms with Crippen LogP contribution in [0.2, 0.25) is 5.02 Å². The van der Waals surface area contributed by atoms with Crippen molar-refractivity contribution in [3.8, 4) is 0 Å². The van der Waals surface area contributed by atoms with E-state index in [-0.39, 0.29) is 5.78 Å². The summed E-state index contributed by atoms with van der Waals surface area (Å²) < 4.78 is -1.18. The Morgan fingerprint density at radius 3 is 1.86 bits per heavy atom. The van der Waals surface area contributed by atoms with Gasteiger partial charge in [0.25, 0.3) is 0 Å². The highest BCUT2D eigenvalue weighted by molar-refractivity contribution is 8.27. The molecule has 184 valence electrons. The Labute approximate surface area is 230 Å². The monoisotopic (exact) mass is 540 g/mol. The van der Waals surface area contributed by atoms with Crippen LogP contribution in [0.5, 0.6) is 0 Å². The fourth-order valence-corrected chi connectivity index (χ4v) is 8.78. The number of aryl methyl sites for hydroxylation is 2. The van der Waals surface area contributed by atoms with Crippen molar-refractivity contribution < 1.29 is 4.79 Å². The molecule has 0 amide bonds. The van der Waals surface area contributed by atoms with E-state index in [0.29, 0.717) is 10.1 Å². The number of hydrazone groups is 1. The summed E-state index contributed by atoms with van der Waals surface area (Å²) in [6.45, 7) is 5.81. The zero-order valence-corrected chi connectivity index (χ0v) is 23.1. The van der Waals surface area contributed by atoms with Crippen LogP contribution in [0.15, 0.2) is 102 Å². The van der Waals surface area contributed by atoms with E-state index in [1.807, 2.05) is 41.0 Å². The number of hydrogen-bond donors (Lipinski definition) is 0. The third kappa shape index (κ3) is 3.83. The number of carbonyl (C=O) groups is 1. The largest absolute Gasteiger partial charge is 0.292 e. The number of hydrogen-bond acceptors (Lipinski definition) is 5. The smallest absolute Gasteiger partial charge is 0.187 e. The SMILES string of the molecule is CC(=O)C1=NN(c2ccc(Cl)cc2)[C@@]2(S1)SC(c1ccc(C)cc1)(c1ccc(C)cc1)c1ccccc12. The van der Waals surface area contributed by atoms with E-state index in [0.717, 1.165) is 11.3 Å². The van der Waals surface area contributed by atoms with Crippen molar-refractivity contribution in [2.75, 3.05) is 5.01 Å². The van der Waals surface area contributed by atoms with Crippen molar-refractivity contribution in [1.29, 1.82) is 0 Å². The Morgan fingerprint density at radius 1 is 0.784 bits per heavy atom. The Kier molecular flexibility index (Phi) is 5.98. The first kappa shape index (κ1) is 24.4. The number of Topliss-reactive ketones (excluding diaryl/α,β-unsaturated/α-hetero) is 1. The van der Waals surface area contributed by atoms with Crippen LogP contribution in [-0.2, 0) is 13.7 Å². The van der Waals surface area contributed by atoms with Crippen molar-refractivity contribution in [3.05, 3.63) is 135 Å². The molecule has 6 rings (SSSR count). The van der Waals surface area contributed by atoms with Crippen LogP contribution in [0, 0.1) is 13.8 Å². The summed E-state index contributed by atoms with van der Waals surface area (Å²) >= 11 is 9.61. The molecular formula is C31H25ClN2OS2. The molecule has 0 radical (unpaired) electrons. The fourth-order valence-electron chi connectivity index (χ4n) is 5.09. The van der Waals surface area contributed by atoms with E-state index >= 15 is 0 Å². The van der Waals surface area contributed by atoms with Gasteiger partial charge in [-0.15, -0.1) is 0 Å². The summed E-state index contributed by atoms with van der Waals surface area (Å²) in [5.41, 5.74) is 8.07. The van der Waals surface area contributed by atoms with Crippen molar-refractivity contribution in [2.24, 2.45) is 5.10 Å². The minimum atomic E-state index is -0.679. The molecule has 0 saturated heterocycles. The minimum absolute atomic E-state index is 0.0397. The van der Waals surface area contributed by atoms with Crippen molar-refractivity contribution in [1.82, 2.24) is 0 Å². The van der Waals surface area contributed by atoms with Crippen LogP contribution < -0.4 is 5.01 Å². The predicted molar refractivity (Wildman–Crippen MR) is 158 cm³/mol. The number of benzene rings is 4. The maximum atomic E-state index is 12.7. The van der Waals surface area contributed by atoms with E-state index in [4.69, 9.17) is 16.7 Å². The first-order chi connectivity index (χ1) is 17.8. The molecule has 3 nitrogen and oxygen atoms in total. The summed E-state index contributed by atoms with van der Waals surface area (Å²) in [4.78, 5) is 12.7. The molecule has 2 aliphatic rings. The predicted octanol–water partition coefficient (Wildman–Crippen LogP) is 8.26. The lowest BCUT2D eigenvalue weighted by atomic mass is 9.81. The van der Waals surface area contributed by atoms with Gasteiger partial charge in [-0.25, -0.2) is 5.01 Å². The second-order valence-corrected chi connectivity index (χ2v) is 12.8. The zero-order chi connectivity index (χ0) is 25.8. The van der Waals surface area contributed by atoms with Crippen LogP contribution in [0.3, 0.4) is 0 Å². The van der Waals surface area contributed by atoms with Crippen LogP contribution in [0.1, 0.15) is 40.3 Å². The summed E-state index contributed by atoms with van der Waals surface area (Å²) in [5.74, 6) is -0.0397. The summed E-state index contributed by atoms with van der Waals surface area (Å²) in [7, 11) is 0. The summed E-state index contributed by atoms with van der Waals surface area (Å²) in [6, 6.07) is 33.9. The topological polar surface area (TPSA) is 32.7 Å². The number of halogens is 1. The van der Waals surface area contributed by atoms with Gasteiger partial charge in [-0.05, 0) is 54.8 Å². The molecule has 0 saturated carbocycles. The lowest BCUT2D eigenvalue weighted by molar-refractivity contribution is -0.110. The van der Waals surface area contributed by atoms with E-state index in [2.05, 4.69) is 86.6 Å². The lowest BCUT2D eigenvalue weighted by Gasteiger charge is -2.37. The second kappa shape index (κ2) is 9.09. The van der Waals surface area contributed by atoms with Gasteiger partial charge in [-0.2, -0.15) is 5.10 Å². The highest BCUT2D eigenvalue weighted by atomic mass is 35.5. The zero-order valence-electron chi connectivity index (χ0n) is 20.7. The first-order valence-corrected chi connectivity index (χ1v) is 14.1. The molecule has 0 N–H and O–H groups in total. The van der Waals surface area contributed by atoms with Gasteiger partial charge >= 0.3 is 0 Å². The van der Waals surface area contributed by atoms with Crippen LogP contribution in [0.4, 0.5) is 5.69 Å². The molecular weight excluding hydrogens is 516 g/mol. The molecule has 1 atom stereocenters. The molecule has 4 aromatic rings. The number of ketones is 1. The van der Waals surface area contributed by atoms with Gasteiger partial charge in [0.1, 0.15) is 0 Å². The molecule has 0 aliphatic carbocycles. The molecule has 0 unspecified atom stereocenters. The van der Waals surface area contributed by atoms with Crippen LogP contribution >= 0.6 is 35.1 Å². The number of rotatable bonds is 4. The molecule has 1 spiro atoms. The summed E-state index contributed by atoms with van der Waals surface area (Å²) in [6.07, 6.45) is 0. The normalized spacial score (nSPS) is 19.7. The van der Waals surface area contributed by atoms with Gasteiger partial charge in [0.15, 0.2) is 15.0 Å². The Hall–Kier alpha value is -2.99. The third-order valence-corrected chi connectivity index (χ3v) is 10.6. The van der Waals surface area contributed by atoms with Crippen molar-refractivity contribution >= 4 is 51.6 Å². The highest BCUT2D eigenvalue weighted by Crippen LogP contribution is 2.70. The third-order valence-electron chi connectivity index (χ3n) is 6.93. The minimum Gasteiger partial charge on any atom is -0.292 e. The van der Waals surface area contributed by atoms with E-state index in [1.54, 1.807) is 6.92 Å². The van der Waals surface area contributed by atoms with Crippen molar-refractivity contribution in [3.63, 3.8) is 0 Å². The highest BCUT2D eigenvalue weighted by Gasteiger charge is 2.61. The number of fused-ring (bicyclic) bond motifs is 2. The number of nitrogens with zero attached hydrogens (tertiary/aromatic N) is 2. The molecule has 2 aliphatic heterocycles.